The zero-order valence-electron chi connectivity index (χ0n) is 6.82. The Morgan fingerprint density at radius 1 is 1.62 bits per heavy atom. The molecular weight excluding hydrogens is 188 g/mol. The van der Waals surface area contributed by atoms with Gasteiger partial charge in [0.05, 0.1) is 23.7 Å². The number of halogens is 1. The number of hydrogen-bond donors (Lipinski definition) is 0. The van der Waals surface area contributed by atoms with E-state index in [0.29, 0.717) is 21.9 Å². The average Bonchev–Trinajstić information content (AvgIpc) is 2.47. The van der Waals surface area contributed by atoms with Crippen LogP contribution in [0.4, 0.5) is 0 Å². The second-order valence-electron chi connectivity index (χ2n) is 2.61. The minimum atomic E-state index is 0.373. The lowest BCUT2D eigenvalue weighted by molar-refractivity contribution is 0.934. The van der Waals surface area contributed by atoms with Gasteiger partial charge in [0.25, 0.3) is 0 Å². The van der Waals surface area contributed by atoms with Crippen molar-refractivity contribution in [2.24, 2.45) is 0 Å². The number of nitrogens with zero attached hydrogens (tertiary/aromatic N) is 4. The van der Waals surface area contributed by atoms with Crippen molar-refractivity contribution >= 4 is 17.1 Å². The molecular formula is C8H5ClN4. The van der Waals surface area contributed by atoms with Gasteiger partial charge < -0.3 is 0 Å². The Bertz CT molecular complexity index is 509. The van der Waals surface area contributed by atoms with Crippen molar-refractivity contribution < 1.29 is 0 Å². The minimum Gasteiger partial charge on any atom is -0.237 e. The molecule has 0 bridgehead atoms. The van der Waals surface area contributed by atoms with E-state index in [1.165, 1.54) is 6.20 Å². The van der Waals surface area contributed by atoms with Crippen LogP contribution in [-0.4, -0.2) is 14.6 Å². The van der Waals surface area contributed by atoms with E-state index in [2.05, 4.69) is 10.1 Å². The summed E-state index contributed by atoms with van der Waals surface area (Å²) in [5.41, 5.74) is 1.94. The zero-order valence-corrected chi connectivity index (χ0v) is 7.58. The van der Waals surface area contributed by atoms with E-state index in [9.17, 15) is 0 Å². The summed E-state index contributed by atoms with van der Waals surface area (Å²) in [6.45, 7) is 1.80. The summed E-state index contributed by atoms with van der Waals surface area (Å²) in [7, 11) is 0. The van der Waals surface area contributed by atoms with Gasteiger partial charge in [-0.2, -0.15) is 10.4 Å². The third-order valence-electron chi connectivity index (χ3n) is 1.76. The van der Waals surface area contributed by atoms with E-state index >= 15 is 0 Å². The fraction of sp³-hybridized carbons (Fsp3) is 0.125. The molecule has 2 aromatic rings. The summed E-state index contributed by atoms with van der Waals surface area (Å²) < 4.78 is 1.56. The largest absolute Gasteiger partial charge is 0.237 e. The van der Waals surface area contributed by atoms with E-state index in [1.807, 2.05) is 6.07 Å². The minimum absolute atomic E-state index is 0.373. The first-order valence-electron chi connectivity index (χ1n) is 3.63. The molecule has 0 aliphatic rings. The standard InChI is InChI=1S/C8H5ClN4/c1-5-8-6(2-10)3-11-13(8)4-7(9)12-5/h3-4H,1H3. The van der Waals surface area contributed by atoms with Crippen LogP contribution in [0.2, 0.25) is 5.15 Å². The van der Waals surface area contributed by atoms with Crippen LogP contribution in [0.25, 0.3) is 5.52 Å². The molecule has 13 heavy (non-hydrogen) atoms. The highest BCUT2D eigenvalue weighted by Crippen LogP contribution is 2.15. The maximum absolute atomic E-state index is 8.75. The van der Waals surface area contributed by atoms with Gasteiger partial charge in [-0.1, -0.05) is 11.6 Å². The molecule has 5 heteroatoms. The third kappa shape index (κ3) is 1.14. The van der Waals surface area contributed by atoms with Crippen molar-refractivity contribution in [3.05, 3.63) is 28.8 Å². The van der Waals surface area contributed by atoms with Crippen LogP contribution in [-0.2, 0) is 0 Å². The smallest absolute Gasteiger partial charge is 0.147 e. The van der Waals surface area contributed by atoms with Crippen LogP contribution in [0.5, 0.6) is 0 Å². The average molecular weight is 193 g/mol. The van der Waals surface area contributed by atoms with Gasteiger partial charge in [0.15, 0.2) is 0 Å². The highest BCUT2D eigenvalue weighted by atomic mass is 35.5. The monoisotopic (exact) mass is 192 g/mol. The predicted molar refractivity (Wildman–Crippen MR) is 47.4 cm³/mol. The number of aromatic nitrogens is 3. The van der Waals surface area contributed by atoms with Crippen molar-refractivity contribution in [3.8, 4) is 6.07 Å². The Hall–Kier alpha value is -1.60. The van der Waals surface area contributed by atoms with Crippen molar-refractivity contribution in [1.82, 2.24) is 14.6 Å². The zero-order chi connectivity index (χ0) is 9.42. The summed E-state index contributed by atoms with van der Waals surface area (Å²) in [6.07, 6.45) is 3.07. The Morgan fingerprint density at radius 3 is 3.08 bits per heavy atom. The van der Waals surface area contributed by atoms with E-state index in [1.54, 1.807) is 17.6 Å². The van der Waals surface area contributed by atoms with Gasteiger partial charge in [0.2, 0.25) is 0 Å². The lowest BCUT2D eigenvalue weighted by atomic mass is 10.3. The molecule has 0 amide bonds. The van der Waals surface area contributed by atoms with Crippen molar-refractivity contribution in [2.75, 3.05) is 0 Å². The van der Waals surface area contributed by atoms with Gasteiger partial charge in [-0.15, -0.1) is 0 Å². The topological polar surface area (TPSA) is 54.0 Å². The molecule has 0 fully saturated rings. The molecule has 2 heterocycles. The second-order valence-corrected chi connectivity index (χ2v) is 3.00. The Balaban J connectivity index is 2.92. The lowest BCUT2D eigenvalue weighted by Crippen LogP contribution is -1.93. The van der Waals surface area contributed by atoms with Crippen molar-refractivity contribution in [3.63, 3.8) is 0 Å². The first-order valence-corrected chi connectivity index (χ1v) is 4.01. The summed E-state index contributed by atoms with van der Waals surface area (Å²) in [4.78, 5) is 4.04. The van der Waals surface area contributed by atoms with E-state index in [-0.39, 0.29) is 0 Å². The number of aryl methyl sites for hydroxylation is 1. The maximum Gasteiger partial charge on any atom is 0.147 e. The van der Waals surface area contributed by atoms with Gasteiger partial charge in [-0.05, 0) is 6.92 Å². The number of rotatable bonds is 0. The number of fused-ring (bicyclic) bond motifs is 1. The lowest BCUT2D eigenvalue weighted by Gasteiger charge is -1.97. The van der Waals surface area contributed by atoms with Crippen molar-refractivity contribution in [2.45, 2.75) is 6.92 Å². The molecule has 0 spiro atoms. The molecule has 0 N–H and O–H groups in total. The molecule has 0 saturated carbocycles. The van der Waals surface area contributed by atoms with Crippen LogP contribution < -0.4 is 0 Å². The first-order chi connectivity index (χ1) is 6.22. The number of hydrogen-bond acceptors (Lipinski definition) is 3. The molecule has 0 radical (unpaired) electrons. The Labute approximate surface area is 79.4 Å². The van der Waals surface area contributed by atoms with Gasteiger partial charge >= 0.3 is 0 Å². The Kier molecular flexibility index (Phi) is 1.67. The fourth-order valence-corrected chi connectivity index (χ4v) is 1.46. The van der Waals surface area contributed by atoms with Gasteiger partial charge in [0, 0.05) is 0 Å². The van der Waals surface area contributed by atoms with Gasteiger partial charge in [-0.25, -0.2) is 9.50 Å². The van der Waals surface area contributed by atoms with Crippen LogP contribution in [0.15, 0.2) is 12.4 Å². The predicted octanol–water partition coefficient (Wildman–Crippen LogP) is 1.56. The molecule has 0 aliphatic heterocycles. The summed E-state index contributed by atoms with van der Waals surface area (Å²) in [6, 6.07) is 2.04. The van der Waals surface area contributed by atoms with Gasteiger partial charge in [0.1, 0.15) is 16.7 Å². The molecule has 0 saturated heterocycles. The molecule has 0 aromatic carbocycles. The quantitative estimate of drug-likeness (QED) is 0.637. The van der Waals surface area contributed by atoms with Crippen LogP contribution in [0.3, 0.4) is 0 Å². The van der Waals surface area contributed by atoms with Crippen LogP contribution in [0, 0.1) is 18.3 Å². The third-order valence-corrected chi connectivity index (χ3v) is 1.94. The normalized spacial score (nSPS) is 10.2. The molecule has 0 unspecified atom stereocenters. The van der Waals surface area contributed by atoms with E-state index in [4.69, 9.17) is 16.9 Å². The molecule has 64 valence electrons. The molecule has 0 atom stereocenters. The van der Waals surface area contributed by atoms with Crippen molar-refractivity contribution in [1.29, 1.82) is 5.26 Å². The van der Waals surface area contributed by atoms with Crippen LogP contribution in [0.1, 0.15) is 11.3 Å². The SMILES string of the molecule is Cc1nc(Cl)cn2ncc(C#N)c12. The molecule has 2 aromatic heterocycles. The second kappa shape index (κ2) is 2.71. The molecule has 2 rings (SSSR count). The first kappa shape index (κ1) is 8.02. The molecule has 0 aliphatic carbocycles. The number of nitriles is 1. The van der Waals surface area contributed by atoms with E-state index in [0.717, 1.165) is 0 Å². The van der Waals surface area contributed by atoms with Gasteiger partial charge in [-0.3, -0.25) is 0 Å². The maximum atomic E-state index is 8.75. The van der Waals surface area contributed by atoms with E-state index < -0.39 is 0 Å². The highest BCUT2D eigenvalue weighted by Gasteiger charge is 2.07. The molecule has 4 nitrogen and oxygen atoms in total. The Morgan fingerprint density at radius 2 is 2.38 bits per heavy atom. The van der Waals surface area contributed by atoms with Crippen LogP contribution >= 0.6 is 11.6 Å². The fourth-order valence-electron chi connectivity index (χ4n) is 1.25. The summed E-state index contributed by atoms with van der Waals surface area (Å²) >= 11 is 5.72. The highest BCUT2D eigenvalue weighted by molar-refractivity contribution is 6.29. The summed E-state index contributed by atoms with van der Waals surface area (Å²) in [5, 5.41) is 13.1. The summed E-state index contributed by atoms with van der Waals surface area (Å²) in [5.74, 6) is 0.